The van der Waals surface area contributed by atoms with Crippen LogP contribution in [0.3, 0.4) is 0 Å². The summed E-state index contributed by atoms with van der Waals surface area (Å²) in [5.74, 6) is -3.10. The third-order valence-electron chi connectivity index (χ3n) is 5.79. The van der Waals surface area contributed by atoms with Crippen LogP contribution in [0, 0.1) is 12.8 Å². The summed E-state index contributed by atoms with van der Waals surface area (Å²) < 4.78 is 86.6. The van der Waals surface area contributed by atoms with Gasteiger partial charge in [0.1, 0.15) is 0 Å². The van der Waals surface area contributed by atoms with E-state index in [1.165, 1.54) is 20.0 Å². The number of carbonyl (C=O) groups excluding carboxylic acids is 1. The van der Waals surface area contributed by atoms with Crippen molar-refractivity contribution in [3.8, 4) is 0 Å². The number of amides is 1. The minimum absolute atomic E-state index is 0.0302. The van der Waals surface area contributed by atoms with Crippen LogP contribution in [-0.4, -0.2) is 39.1 Å². The van der Waals surface area contributed by atoms with Gasteiger partial charge in [-0.1, -0.05) is 0 Å². The number of ether oxygens (including phenoxy) is 1. The minimum Gasteiger partial charge on any atom is -0.390 e. The first-order valence-corrected chi connectivity index (χ1v) is 9.69. The van der Waals surface area contributed by atoms with Gasteiger partial charge in [-0.05, 0) is 30.7 Å². The number of nitrogens with zero attached hydrogens (tertiary/aromatic N) is 2. The van der Waals surface area contributed by atoms with Crippen LogP contribution < -0.4 is 5.32 Å². The number of hydrogen-bond acceptors (Lipinski definition) is 4. The number of aliphatic hydroxyl groups excluding tert-OH is 1. The van der Waals surface area contributed by atoms with E-state index >= 15 is 0 Å². The molecule has 1 aromatic carbocycles. The molecule has 2 N–H and O–H groups in total. The summed E-state index contributed by atoms with van der Waals surface area (Å²) in [6.07, 6.45) is -11.3. The molecule has 0 aliphatic carbocycles. The Labute approximate surface area is 178 Å². The summed E-state index contributed by atoms with van der Waals surface area (Å²) >= 11 is 0. The number of fused-ring (bicyclic) bond motifs is 2. The van der Waals surface area contributed by atoms with Crippen molar-refractivity contribution in [1.29, 1.82) is 0 Å². The summed E-state index contributed by atoms with van der Waals surface area (Å²) in [6.45, 7) is 1.43. The Morgan fingerprint density at radius 1 is 1.19 bits per heavy atom. The number of aromatic nitrogens is 2. The highest BCUT2D eigenvalue weighted by molar-refractivity contribution is 5.94. The molecule has 6 nitrogen and oxygen atoms in total. The van der Waals surface area contributed by atoms with Gasteiger partial charge in [0.05, 0.1) is 29.8 Å². The molecule has 174 valence electrons. The smallest absolute Gasteiger partial charge is 0.390 e. The number of rotatable bonds is 3. The predicted octanol–water partition coefficient (Wildman–Crippen LogP) is 3.64. The molecule has 2 aromatic rings. The van der Waals surface area contributed by atoms with Crippen LogP contribution in [0.25, 0.3) is 0 Å². The van der Waals surface area contributed by atoms with Crippen molar-refractivity contribution in [1.82, 2.24) is 9.78 Å². The zero-order chi connectivity index (χ0) is 23.6. The normalized spacial score (nSPS) is 27.7. The number of halogens is 6. The largest absolute Gasteiger partial charge is 0.435 e. The van der Waals surface area contributed by atoms with Gasteiger partial charge < -0.3 is 15.2 Å². The van der Waals surface area contributed by atoms with Gasteiger partial charge in [0.15, 0.2) is 5.69 Å². The van der Waals surface area contributed by atoms with Gasteiger partial charge in [-0.2, -0.15) is 31.4 Å². The maximum Gasteiger partial charge on any atom is 0.435 e. The van der Waals surface area contributed by atoms with Crippen LogP contribution >= 0.6 is 0 Å². The average Bonchev–Trinajstić information content (AvgIpc) is 3.31. The maximum atomic E-state index is 13.5. The number of hydrogen-bond donors (Lipinski definition) is 2. The molecule has 5 atom stereocenters. The van der Waals surface area contributed by atoms with E-state index in [1.807, 2.05) is 0 Å². The lowest BCUT2D eigenvalue weighted by atomic mass is 9.73. The Morgan fingerprint density at radius 3 is 2.50 bits per heavy atom. The maximum absolute atomic E-state index is 13.5. The highest BCUT2D eigenvalue weighted by Gasteiger charge is 2.59. The summed E-state index contributed by atoms with van der Waals surface area (Å²) in [4.78, 5) is 13.1. The third-order valence-corrected chi connectivity index (χ3v) is 5.79. The molecular formula is C20H19F6N3O3. The fraction of sp³-hybridized carbons (Fsp3) is 0.500. The van der Waals surface area contributed by atoms with Gasteiger partial charge in [0, 0.05) is 36.8 Å². The van der Waals surface area contributed by atoms with E-state index in [0.29, 0.717) is 0 Å². The fourth-order valence-electron chi connectivity index (χ4n) is 4.63. The highest BCUT2D eigenvalue weighted by Crippen LogP contribution is 2.51. The van der Waals surface area contributed by atoms with Crippen LogP contribution in [-0.2, 0) is 28.9 Å². The molecule has 4 rings (SSSR count). The third kappa shape index (κ3) is 3.96. The number of benzene rings is 1. The molecule has 3 heterocycles. The van der Waals surface area contributed by atoms with Gasteiger partial charge in [-0.25, -0.2) is 0 Å². The molecule has 1 amide bonds. The lowest BCUT2D eigenvalue weighted by molar-refractivity contribution is -0.143. The summed E-state index contributed by atoms with van der Waals surface area (Å²) in [6, 6.07) is 3.00. The second-order valence-electron chi connectivity index (χ2n) is 8.17. The lowest BCUT2D eigenvalue weighted by Gasteiger charge is -2.30. The second-order valence-corrected chi connectivity index (χ2v) is 8.17. The van der Waals surface area contributed by atoms with Gasteiger partial charge in [0.25, 0.3) is 0 Å². The molecule has 32 heavy (non-hydrogen) atoms. The van der Waals surface area contributed by atoms with Crippen molar-refractivity contribution in [2.24, 2.45) is 13.0 Å². The van der Waals surface area contributed by atoms with E-state index in [0.717, 1.165) is 23.0 Å². The lowest BCUT2D eigenvalue weighted by Crippen LogP contribution is -2.41. The standard InChI is InChI=1S/C20H19F6N3O3/c1-8-3-9(19(21,22)23)5-10(4-8)27-18(31)15-13-6-12(30)16(32-13)14(15)11-7-29(2)28-17(11)20(24,25)26/h3-5,7,12-16,30H,6H2,1-2H3,(H,27,31). The molecule has 0 spiro atoms. The van der Waals surface area contributed by atoms with Crippen molar-refractivity contribution in [3.05, 3.63) is 46.8 Å². The Morgan fingerprint density at radius 2 is 1.88 bits per heavy atom. The van der Waals surface area contributed by atoms with Gasteiger partial charge in [-0.3, -0.25) is 9.48 Å². The van der Waals surface area contributed by atoms with E-state index in [1.54, 1.807) is 0 Å². The minimum atomic E-state index is -4.80. The molecule has 12 heteroatoms. The Bertz CT molecular complexity index is 1050. The molecule has 0 saturated carbocycles. The second kappa shape index (κ2) is 7.48. The topological polar surface area (TPSA) is 76.4 Å². The molecule has 1 aromatic heterocycles. The Kier molecular flexibility index (Phi) is 5.28. The molecule has 2 bridgehead atoms. The number of aliphatic hydroxyl groups is 1. The molecule has 2 aliphatic rings. The van der Waals surface area contributed by atoms with E-state index in [2.05, 4.69) is 10.4 Å². The molecule has 2 fully saturated rings. The summed E-state index contributed by atoms with van der Waals surface area (Å²) in [7, 11) is 1.30. The van der Waals surface area contributed by atoms with Crippen LogP contribution in [0.5, 0.6) is 0 Å². The molecule has 2 aliphatic heterocycles. The molecular weight excluding hydrogens is 444 g/mol. The van der Waals surface area contributed by atoms with E-state index in [4.69, 9.17) is 4.74 Å². The predicted molar refractivity (Wildman–Crippen MR) is 98.5 cm³/mol. The van der Waals surface area contributed by atoms with Crippen molar-refractivity contribution in [2.75, 3.05) is 5.32 Å². The Balaban J connectivity index is 1.69. The summed E-state index contributed by atoms with van der Waals surface area (Å²) in [5.41, 5.74) is -2.34. The van der Waals surface area contributed by atoms with Gasteiger partial charge in [0.2, 0.25) is 5.91 Å². The SMILES string of the molecule is Cc1cc(NC(=O)C2C3CC(O)C(O3)C2c2cn(C)nc2C(F)(F)F)cc(C(F)(F)F)c1. The monoisotopic (exact) mass is 463 g/mol. The molecule has 2 saturated heterocycles. The van der Waals surface area contributed by atoms with Crippen LogP contribution in [0.15, 0.2) is 24.4 Å². The van der Waals surface area contributed by atoms with Crippen LogP contribution in [0.4, 0.5) is 32.0 Å². The first-order chi connectivity index (χ1) is 14.8. The molecule has 0 radical (unpaired) electrons. The molecule has 5 unspecified atom stereocenters. The first kappa shape index (κ1) is 22.6. The van der Waals surface area contributed by atoms with Crippen LogP contribution in [0.1, 0.15) is 34.7 Å². The first-order valence-electron chi connectivity index (χ1n) is 9.69. The van der Waals surface area contributed by atoms with Gasteiger partial charge >= 0.3 is 12.4 Å². The zero-order valence-electron chi connectivity index (χ0n) is 16.8. The fourth-order valence-corrected chi connectivity index (χ4v) is 4.63. The van der Waals surface area contributed by atoms with Crippen molar-refractivity contribution < 1.29 is 41.0 Å². The van der Waals surface area contributed by atoms with E-state index in [9.17, 15) is 36.2 Å². The number of aryl methyl sites for hydroxylation is 2. The quantitative estimate of drug-likeness (QED) is 0.682. The number of alkyl halides is 6. The van der Waals surface area contributed by atoms with Crippen molar-refractivity contribution >= 4 is 11.6 Å². The van der Waals surface area contributed by atoms with E-state index in [-0.39, 0.29) is 23.2 Å². The van der Waals surface area contributed by atoms with Crippen molar-refractivity contribution in [3.63, 3.8) is 0 Å². The zero-order valence-corrected chi connectivity index (χ0v) is 16.8. The Hall–Kier alpha value is -2.60. The number of anilines is 1. The summed E-state index contributed by atoms with van der Waals surface area (Å²) in [5, 5.41) is 16.1. The van der Waals surface area contributed by atoms with Gasteiger partial charge in [-0.15, -0.1) is 0 Å². The van der Waals surface area contributed by atoms with Crippen molar-refractivity contribution in [2.45, 2.75) is 49.9 Å². The number of nitrogens with one attached hydrogen (secondary N) is 1. The van der Waals surface area contributed by atoms with Crippen LogP contribution in [0.2, 0.25) is 0 Å². The average molecular weight is 463 g/mol. The van der Waals surface area contributed by atoms with E-state index < -0.39 is 59.7 Å². The number of carbonyl (C=O) groups is 1. The highest BCUT2D eigenvalue weighted by atomic mass is 19.4.